The van der Waals surface area contributed by atoms with Crippen LogP contribution in [-0.2, 0) is 11.4 Å². The van der Waals surface area contributed by atoms with Gasteiger partial charge in [0, 0.05) is 42.5 Å². The van der Waals surface area contributed by atoms with Gasteiger partial charge in [0.2, 0.25) is 0 Å². The lowest BCUT2D eigenvalue weighted by Gasteiger charge is -2.12. The highest BCUT2D eigenvalue weighted by molar-refractivity contribution is 5.97. The Balaban J connectivity index is 2.06. The number of rotatable bonds is 6. The molecule has 0 amide bonds. The van der Waals surface area contributed by atoms with Gasteiger partial charge in [0.1, 0.15) is 6.61 Å². The molecule has 2 N–H and O–H groups in total. The molecule has 2 rings (SSSR count). The van der Waals surface area contributed by atoms with Crippen molar-refractivity contribution in [2.24, 2.45) is 10.9 Å². The quantitative estimate of drug-likeness (QED) is 0.381. The number of hydrogen-bond acceptors (Lipinski definition) is 5. The molecule has 0 saturated heterocycles. The number of oxime groups is 1. The second kappa shape index (κ2) is 7.45. The normalized spacial score (nSPS) is 11.2. The summed E-state index contributed by atoms with van der Waals surface area (Å²) in [6.07, 6.45) is 0. The van der Waals surface area contributed by atoms with Crippen LogP contribution in [0.1, 0.15) is 16.7 Å². The number of nitro groups is 1. The van der Waals surface area contributed by atoms with Crippen molar-refractivity contribution in [3.8, 4) is 0 Å². The van der Waals surface area contributed by atoms with Crippen molar-refractivity contribution in [1.29, 1.82) is 0 Å². The van der Waals surface area contributed by atoms with Gasteiger partial charge in [0.05, 0.1) is 4.92 Å². The summed E-state index contributed by atoms with van der Waals surface area (Å²) >= 11 is 0. The van der Waals surface area contributed by atoms with Crippen LogP contribution in [0.25, 0.3) is 0 Å². The highest BCUT2D eigenvalue weighted by Crippen LogP contribution is 2.21. The third-order valence-corrected chi connectivity index (χ3v) is 3.68. The van der Waals surface area contributed by atoms with E-state index in [4.69, 9.17) is 10.6 Å². The lowest BCUT2D eigenvalue weighted by atomic mass is 10.1. The molecule has 126 valence electrons. The minimum atomic E-state index is -0.414. The second-order valence-corrected chi connectivity index (χ2v) is 5.51. The fourth-order valence-electron chi connectivity index (χ4n) is 2.18. The first-order chi connectivity index (χ1) is 11.4. The topological polar surface area (TPSA) is 94.0 Å². The van der Waals surface area contributed by atoms with E-state index in [2.05, 4.69) is 5.16 Å². The van der Waals surface area contributed by atoms with Gasteiger partial charge >= 0.3 is 0 Å². The van der Waals surface area contributed by atoms with Crippen LogP contribution in [0.2, 0.25) is 0 Å². The van der Waals surface area contributed by atoms with Crippen molar-refractivity contribution in [3.63, 3.8) is 0 Å². The fraction of sp³-hybridized carbons (Fsp3) is 0.235. The summed E-state index contributed by atoms with van der Waals surface area (Å²) in [6, 6.07) is 12.4. The summed E-state index contributed by atoms with van der Waals surface area (Å²) < 4.78 is 0. The molecular weight excluding hydrogens is 308 g/mol. The molecule has 0 aliphatic carbocycles. The Labute approximate surface area is 140 Å². The molecular formula is C17H20N4O3. The molecule has 0 unspecified atom stereocenters. The van der Waals surface area contributed by atoms with Crippen LogP contribution < -0.4 is 10.6 Å². The maximum atomic E-state index is 10.9. The minimum Gasteiger partial charge on any atom is -0.389 e. The largest absolute Gasteiger partial charge is 0.389 e. The molecule has 0 atom stereocenters. The Bertz CT molecular complexity index is 755. The van der Waals surface area contributed by atoms with Crippen LogP contribution >= 0.6 is 0 Å². The molecule has 0 spiro atoms. The number of hydrogen-bond donors (Lipinski definition) is 1. The number of nitro benzene ring substituents is 1. The first-order valence-electron chi connectivity index (χ1n) is 7.36. The fourth-order valence-corrected chi connectivity index (χ4v) is 2.18. The third-order valence-electron chi connectivity index (χ3n) is 3.68. The van der Waals surface area contributed by atoms with Crippen LogP contribution in [-0.4, -0.2) is 24.9 Å². The van der Waals surface area contributed by atoms with E-state index in [0.29, 0.717) is 11.1 Å². The second-order valence-electron chi connectivity index (χ2n) is 5.51. The third kappa shape index (κ3) is 4.01. The van der Waals surface area contributed by atoms with E-state index in [1.807, 2.05) is 43.3 Å². The van der Waals surface area contributed by atoms with Gasteiger partial charge < -0.3 is 15.5 Å². The van der Waals surface area contributed by atoms with E-state index in [-0.39, 0.29) is 18.1 Å². The van der Waals surface area contributed by atoms with Crippen LogP contribution in [0, 0.1) is 17.0 Å². The number of benzene rings is 2. The van der Waals surface area contributed by atoms with E-state index in [1.54, 1.807) is 19.1 Å². The zero-order valence-corrected chi connectivity index (χ0v) is 13.9. The molecule has 24 heavy (non-hydrogen) atoms. The zero-order chi connectivity index (χ0) is 17.7. The Morgan fingerprint density at radius 3 is 2.50 bits per heavy atom. The Morgan fingerprint density at radius 1 is 1.25 bits per heavy atom. The molecule has 0 aliphatic rings. The summed E-state index contributed by atoms with van der Waals surface area (Å²) in [5.41, 5.74) is 9.03. The van der Waals surface area contributed by atoms with Gasteiger partial charge in [-0.25, -0.2) is 0 Å². The summed E-state index contributed by atoms with van der Waals surface area (Å²) in [5.74, 6) is 0.253. The van der Waals surface area contributed by atoms with Crippen molar-refractivity contribution in [1.82, 2.24) is 0 Å². The molecule has 2 aromatic rings. The SMILES string of the molecule is Cc1c(CO/N=C(\N)c2ccc(N(C)C)cc2)cccc1[N+](=O)[O-]. The number of nitrogens with zero attached hydrogens (tertiary/aromatic N) is 3. The highest BCUT2D eigenvalue weighted by atomic mass is 16.6. The number of amidine groups is 1. The number of anilines is 1. The number of nitrogens with two attached hydrogens (primary N) is 1. The maximum absolute atomic E-state index is 10.9. The van der Waals surface area contributed by atoms with Crippen LogP contribution in [0.3, 0.4) is 0 Å². The van der Waals surface area contributed by atoms with E-state index >= 15 is 0 Å². The van der Waals surface area contributed by atoms with Crippen molar-refractivity contribution in [2.45, 2.75) is 13.5 Å². The summed E-state index contributed by atoms with van der Waals surface area (Å²) in [6.45, 7) is 1.80. The van der Waals surface area contributed by atoms with Crippen molar-refractivity contribution >= 4 is 17.2 Å². The average Bonchev–Trinajstić information content (AvgIpc) is 2.56. The average molecular weight is 328 g/mol. The molecule has 2 aromatic carbocycles. The molecule has 0 fully saturated rings. The van der Waals surface area contributed by atoms with Crippen molar-refractivity contribution < 1.29 is 9.76 Å². The van der Waals surface area contributed by atoms with Gasteiger partial charge in [-0.2, -0.15) is 0 Å². The Kier molecular flexibility index (Phi) is 5.36. The monoisotopic (exact) mass is 328 g/mol. The van der Waals surface area contributed by atoms with Gasteiger partial charge in [0.15, 0.2) is 5.84 Å². The summed E-state index contributed by atoms with van der Waals surface area (Å²) in [7, 11) is 3.91. The lowest BCUT2D eigenvalue weighted by Crippen LogP contribution is -2.15. The highest BCUT2D eigenvalue weighted by Gasteiger charge is 2.13. The lowest BCUT2D eigenvalue weighted by molar-refractivity contribution is -0.385. The Hall–Kier alpha value is -3.09. The van der Waals surface area contributed by atoms with E-state index in [0.717, 1.165) is 11.3 Å². The maximum Gasteiger partial charge on any atom is 0.272 e. The predicted octanol–water partition coefficient (Wildman–Crippen LogP) is 2.81. The minimum absolute atomic E-state index is 0.0623. The standard InChI is InChI=1S/C17H20N4O3/c1-12-14(5-4-6-16(12)21(22)23)11-24-19-17(18)13-7-9-15(10-8-13)20(2)3/h4-10H,11H2,1-3H3,(H2,18,19). The van der Waals surface area contributed by atoms with Crippen LogP contribution in [0.15, 0.2) is 47.6 Å². The van der Waals surface area contributed by atoms with Gasteiger partial charge in [-0.3, -0.25) is 10.1 Å². The molecule has 0 radical (unpaired) electrons. The van der Waals surface area contributed by atoms with Crippen molar-refractivity contribution in [3.05, 3.63) is 69.3 Å². The van der Waals surface area contributed by atoms with Crippen LogP contribution in [0.4, 0.5) is 11.4 Å². The summed E-state index contributed by atoms with van der Waals surface area (Å²) in [5, 5.41) is 14.8. The molecule has 0 aromatic heterocycles. The zero-order valence-electron chi connectivity index (χ0n) is 13.9. The van der Waals surface area contributed by atoms with E-state index in [9.17, 15) is 10.1 Å². The van der Waals surface area contributed by atoms with Gasteiger partial charge in [-0.1, -0.05) is 17.3 Å². The van der Waals surface area contributed by atoms with Gasteiger partial charge in [-0.15, -0.1) is 0 Å². The van der Waals surface area contributed by atoms with Gasteiger partial charge in [-0.05, 0) is 31.2 Å². The van der Waals surface area contributed by atoms with E-state index < -0.39 is 4.92 Å². The molecule has 7 heteroatoms. The van der Waals surface area contributed by atoms with E-state index in [1.165, 1.54) is 6.07 Å². The first kappa shape index (κ1) is 17.3. The van der Waals surface area contributed by atoms with Gasteiger partial charge in [0.25, 0.3) is 5.69 Å². The molecule has 0 saturated carbocycles. The molecule has 0 aliphatic heterocycles. The Morgan fingerprint density at radius 2 is 1.92 bits per heavy atom. The smallest absolute Gasteiger partial charge is 0.272 e. The predicted molar refractivity (Wildman–Crippen MR) is 94.1 cm³/mol. The first-order valence-corrected chi connectivity index (χ1v) is 7.36. The molecule has 7 nitrogen and oxygen atoms in total. The molecule has 0 heterocycles. The van der Waals surface area contributed by atoms with Crippen molar-refractivity contribution in [2.75, 3.05) is 19.0 Å². The molecule has 0 bridgehead atoms. The van der Waals surface area contributed by atoms with Crippen LogP contribution in [0.5, 0.6) is 0 Å². The summed E-state index contributed by atoms with van der Waals surface area (Å²) in [4.78, 5) is 17.8.